The molecule has 1 aromatic heterocycles. The Bertz CT molecular complexity index is 1040. The molecule has 0 spiro atoms. The number of nitrogens with two attached hydrogens (primary N) is 1. The molecule has 3 amide bonds. The van der Waals surface area contributed by atoms with Crippen LogP contribution in [0.4, 0.5) is 10.2 Å². The number of halogens is 1. The summed E-state index contributed by atoms with van der Waals surface area (Å²) in [4.78, 5) is 47.5. The lowest BCUT2D eigenvalue weighted by atomic mass is 10.1. The van der Waals surface area contributed by atoms with Crippen molar-refractivity contribution in [2.24, 2.45) is 0 Å². The first-order valence-corrected chi connectivity index (χ1v) is 6.90. The van der Waals surface area contributed by atoms with Crippen LogP contribution in [0.15, 0.2) is 23.0 Å². The van der Waals surface area contributed by atoms with Crippen LogP contribution >= 0.6 is 0 Å². The third kappa shape index (κ3) is 1.72. The number of nitrogens with zero attached hydrogens (tertiary/aromatic N) is 1. The number of imide groups is 1. The quantitative estimate of drug-likeness (QED) is 0.619. The van der Waals surface area contributed by atoms with Gasteiger partial charge in [-0.25, -0.2) is 4.39 Å². The van der Waals surface area contributed by atoms with Gasteiger partial charge in [0.1, 0.15) is 11.6 Å². The molecule has 0 atom stereocenters. The molecule has 0 saturated carbocycles. The molecular formula is C15H9FN4O4. The van der Waals surface area contributed by atoms with Gasteiger partial charge in [-0.2, -0.15) is 0 Å². The molecule has 0 aliphatic carbocycles. The number of anilines is 1. The zero-order valence-corrected chi connectivity index (χ0v) is 12.0. The van der Waals surface area contributed by atoms with Gasteiger partial charge in [0.2, 0.25) is 0 Å². The van der Waals surface area contributed by atoms with Gasteiger partial charge in [0.05, 0.1) is 16.8 Å². The number of hydrogen-bond acceptors (Lipinski definition) is 5. The second-order valence-electron chi connectivity index (χ2n) is 5.41. The summed E-state index contributed by atoms with van der Waals surface area (Å²) >= 11 is 0. The molecule has 3 heterocycles. The monoisotopic (exact) mass is 328 g/mol. The van der Waals surface area contributed by atoms with E-state index in [4.69, 9.17) is 5.73 Å². The molecular weight excluding hydrogens is 319 g/mol. The van der Waals surface area contributed by atoms with E-state index in [1.165, 1.54) is 6.07 Å². The molecule has 0 unspecified atom stereocenters. The van der Waals surface area contributed by atoms with Crippen LogP contribution < -0.4 is 21.9 Å². The molecule has 2 aliphatic rings. The average Bonchev–Trinajstić information content (AvgIpc) is 3.01. The van der Waals surface area contributed by atoms with Crippen LogP contribution in [0.1, 0.15) is 36.6 Å². The Morgan fingerprint density at radius 1 is 1.00 bits per heavy atom. The fourth-order valence-corrected chi connectivity index (χ4v) is 2.94. The van der Waals surface area contributed by atoms with Crippen molar-refractivity contribution < 1.29 is 18.8 Å². The van der Waals surface area contributed by atoms with Gasteiger partial charge in [0.15, 0.2) is 0 Å². The van der Waals surface area contributed by atoms with Gasteiger partial charge in [-0.1, -0.05) is 0 Å². The lowest BCUT2D eigenvalue weighted by Crippen LogP contribution is -2.24. The van der Waals surface area contributed by atoms with E-state index in [0.717, 1.165) is 16.7 Å². The molecule has 9 heteroatoms. The number of carbonyl (C=O) groups is 3. The molecule has 0 fully saturated rings. The third-order valence-electron chi connectivity index (χ3n) is 4.06. The van der Waals surface area contributed by atoms with Gasteiger partial charge >= 0.3 is 0 Å². The molecule has 8 nitrogen and oxygen atoms in total. The zero-order chi connectivity index (χ0) is 17.2. The van der Waals surface area contributed by atoms with Gasteiger partial charge in [0.25, 0.3) is 23.3 Å². The summed E-state index contributed by atoms with van der Waals surface area (Å²) in [6.07, 6.45) is 0. The van der Waals surface area contributed by atoms with Crippen molar-refractivity contribution in [1.82, 2.24) is 15.2 Å². The number of rotatable bonds is 1. The van der Waals surface area contributed by atoms with E-state index in [-0.39, 0.29) is 40.3 Å². The number of carbonyl (C=O) groups excluding carboxylic acids is 3. The SMILES string of the molecule is Nc1c2c(cc(=O)n1-c1cc(F)c3c(c1)C(=O)NC3)C(=O)NC2=O. The van der Waals surface area contributed by atoms with Crippen LogP contribution in [-0.4, -0.2) is 22.3 Å². The molecule has 2 aliphatic heterocycles. The Balaban J connectivity index is 2.02. The summed E-state index contributed by atoms with van der Waals surface area (Å²) in [6, 6.07) is 3.33. The first kappa shape index (κ1) is 14.1. The maximum absolute atomic E-state index is 14.2. The third-order valence-corrected chi connectivity index (χ3v) is 4.06. The van der Waals surface area contributed by atoms with Crippen LogP contribution in [-0.2, 0) is 6.54 Å². The summed E-state index contributed by atoms with van der Waals surface area (Å²) in [7, 11) is 0. The van der Waals surface area contributed by atoms with E-state index in [2.05, 4.69) is 5.32 Å². The molecule has 4 rings (SSSR count). The lowest BCUT2D eigenvalue weighted by Gasteiger charge is -2.13. The molecule has 120 valence electrons. The summed E-state index contributed by atoms with van der Waals surface area (Å²) in [5, 5.41) is 4.52. The highest BCUT2D eigenvalue weighted by molar-refractivity contribution is 6.23. The maximum atomic E-state index is 14.2. The van der Waals surface area contributed by atoms with Crippen molar-refractivity contribution in [2.45, 2.75) is 6.54 Å². The summed E-state index contributed by atoms with van der Waals surface area (Å²) < 4.78 is 15.1. The summed E-state index contributed by atoms with van der Waals surface area (Å²) in [5.41, 5.74) is 5.18. The Kier molecular flexibility index (Phi) is 2.65. The van der Waals surface area contributed by atoms with Gasteiger partial charge in [-0.05, 0) is 12.1 Å². The van der Waals surface area contributed by atoms with Crippen molar-refractivity contribution in [1.29, 1.82) is 0 Å². The van der Waals surface area contributed by atoms with E-state index < -0.39 is 29.1 Å². The predicted octanol–water partition coefficient (Wildman–Crippen LogP) is -0.314. The number of benzene rings is 1. The first-order valence-electron chi connectivity index (χ1n) is 6.90. The second kappa shape index (κ2) is 4.51. The van der Waals surface area contributed by atoms with Gasteiger partial charge in [-0.3, -0.25) is 29.1 Å². The van der Waals surface area contributed by atoms with Crippen molar-refractivity contribution in [2.75, 3.05) is 5.73 Å². The first-order chi connectivity index (χ1) is 11.4. The fraction of sp³-hybridized carbons (Fsp3) is 0.0667. The van der Waals surface area contributed by atoms with Crippen LogP contribution in [0.3, 0.4) is 0 Å². The smallest absolute Gasteiger partial charge is 0.262 e. The van der Waals surface area contributed by atoms with Crippen molar-refractivity contribution in [3.05, 3.63) is 56.6 Å². The van der Waals surface area contributed by atoms with E-state index in [1.54, 1.807) is 0 Å². The van der Waals surface area contributed by atoms with Crippen LogP contribution in [0.2, 0.25) is 0 Å². The van der Waals surface area contributed by atoms with Crippen LogP contribution in [0.5, 0.6) is 0 Å². The van der Waals surface area contributed by atoms with Crippen molar-refractivity contribution >= 4 is 23.5 Å². The predicted molar refractivity (Wildman–Crippen MR) is 79.4 cm³/mol. The number of nitrogen functional groups attached to an aromatic ring is 1. The number of hydrogen-bond donors (Lipinski definition) is 3. The Morgan fingerprint density at radius 3 is 2.50 bits per heavy atom. The molecule has 0 radical (unpaired) electrons. The van der Waals surface area contributed by atoms with Crippen LogP contribution in [0.25, 0.3) is 5.69 Å². The van der Waals surface area contributed by atoms with E-state index in [9.17, 15) is 23.6 Å². The standard InChI is InChI=1S/C15H9FN4O4/c16-9-2-5(1-6-8(9)4-18-13(6)22)20-10(21)3-7-11(12(20)17)15(24)19-14(7)23/h1-3H,4,17H2,(H,18,22)(H,19,23,24). The highest BCUT2D eigenvalue weighted by Crippen LogP contribution is 2.26. The summed E-state index contributed by atoms with van der Waals surface area (Å²) in [5.74, 6) is -2.88. The number of pyridine rings is 1. The topological polar surface area (TPSA) is 123 Å². The number of amides is 3. The number of nitrogens with one attached hydrogen (secondary N) is 2. The Hall–Kier alpha value is -3.49. The van der Waals surface area contributed by atoms with Crippen LogP contribution in [0, 0.1) is 5.82 Å². The Labute approximate surface area is 133 Å². The van der Waals surface area contributed by atoms with Crippen molar-refractivity contribution in [3.8, 4) is 5.69 Å². The number of fused-ring (bicyclic) bond motifs is 2. The fourth-order valence-electron chi connectivity index (χ4n) is 2.94. The minimum Gasteiger partial charge on any atom is -0.384 e. The Morgan fingerprint density at radius 2 is 1.75 bits per heavy atom. The van der Waals surface area contributed by atoms with E-state index in [0.29, 0.717) is 0 Å². The largest absolute Gasteiger partial charge is 0.384 e. The average molecular weight is 328 g/mol. The van der Waals surface area contributed by atoms with Gasteiger partial charge < -0.3 is 11.1 Å². The normalized spacial score (nSPS) is 15.1. The van der Waals surface area contributed by atoms with Crippen molar-refractivity contribution in [3.63, 3.8) is 0 Å². The highest BCUT2D eigenvalue weighted by Gasteiger charge is 2.32. The van der Waals surface area contributed by atoms with Gasteiger partial charge in [-0.15, -0.1) is 0 Å². The molecule has 0 saturated heterocycles. The molecule has 0 bridgehead atoms. The maximum Gasteiger partial charge on any atom is 0.262 e. The minimum atomic E-state index is -0.736. The lowest BCUT2D eigenvalue weighted by molar-refractivity contribution is 0.0878. The van der Waals surface area contributed by atoms with E-state index in [1.807, 2.05) is 5.32 Å². The highest BCUT2D eigenvalue weighted by atomic mass is 19.1. The zero-order valence-electron chi connectivity index (χ0n) is 12.0. The summed E-state index contributed by atoms with van der Waals surface area (Å²) in [6.45, 7) is 0.0613. The molecule has 24 heavy (non-hydrogen) atoms. The molecule has 1 aromatic carbocycles. The number of aromatic nitrogens is 1. The molecule has 4 N–H and O–H groups in total. The van der Waals surface area contributed by atoms with E-state index >= 15 is 0 Å². The molecule has 2 aromatic rings. The van der Waals surface area contributed by atoms with Gasteiger partial charge in [0, 0.05) is 23.7 Å². The minimum absolute atomic E-state index is 0.000693. The second-order valence-corrected chi connectivity index (χ2v) is 5.41.